The van der Waals surface area contributed by atoms with Gasteiger partial charge in [-0.25, -0.2) is 4.98 Å². The van der Waals surface area contributed by atoms with Crippen molar-refractivity contribution >= 4 is 17.2 Å². The number of aromatic nitrogens is 1. The van der Waals surface area contributed by atoms with Crippen LogP contribution in [0.1, 0.15) is 11.1 Å². The van der Waals surface area contributed by atoms with Crippen LogP contribution in [0.15, 0.2) is 18.3 Å². The van der Waals surface area contributed by atoms with E-state index in [0.717, 1.165) is 18.7 Å². The first kappa shape index (κ1) is 9.83. The van der Waals surface area contributed by atoms with Crippen LogP contribution in [0.4, 0.5) is 0 Å². The minimum atomic E-state index is 0.285. The van der Waals surface area contributed by atoms with Gasteiger partial charge in [0.2, 0.25) is 0 Å². The highest BCUT2D eigenvalue weighted by molar-refractivity contribution is 6.30. The fourth-order valence-electron chi connectivity index (χ4n) is 2.45. The first-order valence-corrected chi connectivity index (χ1v) is 5.66. The quantitative estimate of drug-likeness (QED) is 0.751. The van der Waals surface area contributed by atoms with E-state index in [1.165, 1.54) is 5.57 Å². The summed E-state index contributed by atoms with van der Waals surface area (Å²) in [5.41, 5.74) is 2.79. The minimum absolute atomic E-state index is 0.285. The third kappa shape index (κ3) is 1.35. The van der Waals surface area contributed by atoms with Crippen molar-refractivity contribution in [2.45, 2.75) is 0 Å². The molecule has 0 amide bonds. The zero-order chi connectivity index (χ0) is 11.1. The van der Waals surface area contributed by atoms with Gasteiger partial charge in [0.15, 0.2) is 0 Å². The molecule has 1 aliphatic heterocycles. The molecule has 0 bridgehead atoms. The Labute approximate surface area is 98.8 Å². The Hall–Kier alpha value is -1.37. The van der Waals surface area contributed by atoms with Crippen molar-refractivity contribution in [1.82, 2.24) is 10.3 Å². The molecule has 16 heavy (non-hydrogen) atoms. The van der Waals surface area contributed by atoms with Gasteiger partial charge in [-0.15, -0.1) is 0 Å². The largest absolute Gasteiger partial charge is 0.315 e. The van der Waals surface area contributed by atoms with Crippen LogP contribution in [0.2, 0.25) is 5.15 Å². The molecule has 2 atom stereocenters. The number of hydrogen-bond acceptors (Lipinski definition) is 3. The third-order valence-electron chi connectivity index (χ3n) is 3.35. The lowest BCUT2D eigenvalue weighted by molar-refractivity contribution is 0.564. The molecule has 1 aromatic rings. The molecular formula is C12H10ClN3. The molecule has 2 heterocycles. The van der Waals surface area contributed by atoms with Crippen molar-refractivity contribution in [2.24, 2.45) is 11.8 Å². The highest BCUT2D eigenvalue weighted by Crippen LogP contribution is 2.42. The number of nitriles is 1. The molecule has 1 aliphatic carbocycles. The molecule has 0 saturated carbocycles. The smallest absolute Gasteiger partial charge is 0.146 e. The van der Waals surface area contributed by atoms with E-state index in [4.69, 9.17) is 16.9 Å². The predicted octanol–water partition coefficient (Wildman–Crippen LogP) is 1.84. The Kier molecular flexibility index (Phi) is 2.20. The lowest BCUT2D eigenvalue weighted by Crippen LogP contribution is -2.22. The second kappa shape index (κ2) is 3.58. The van der Waals surface area contributed by atoms with Crippen molar-refractivity contribution in [3.8, 4) is 6.07 Å². The Morgan fingerprint density at radius 1 is 1.50 bits per heavy atom. The monoisotopic (exact) mass is 231 g/mol. The second-order valence-electron chi connectivity index (χ2n) is 4.22. The summed E-state index contributed by atoms with van der Waals surface area (Å²) in [7, 11) is 0. The van der Waals surface area contributed by atoms with Gasteiger partial charge in [-0.3, -0.25) is 0 Å². The number of fused-ring (bicyclic) bond motifs is 1. The zero-order valence-electron chi connectivity index (χ0n) is 8.57. The van der Waals surface area contributed by atoms with Gasteiger partial charge in [-0.05, 0) is 23.1 Å². The van der Waals surface area contributed by atoms with Crippen molar-refractivity contribution in [3.05, 3.63) is 34.6 Å². The highest BCUT2D eigenvalue weighted by Gasteiger charge is 2.36. The van der Waals surface area contributed by atoms with Crippen molar-refractivity contribution in [1.29, 1.82) is 5.26 Å². The topological polar surface area (TPSA) is 48.7 Å². The van der Waals surface area contributed by atoms with Gasteiger partial charge in [0.25, 0.3) is 0 Å². The molecule has 0 aromatic carbocycles. The molecule has 2 unspecified atom stereocenters. The molecule has 1 aromatic heterocycles. The van der Waals surface area contributed by atoms with Crippen LogP contribution < -0.4 is 5.32 Å². The van der Waals surface area contributed by atoms with Crippen LogP contribution in [0, 0.1) is 23.2 Å². The van der Waals surface area contributed by atoms with E-state index in [1.807, 2.05) is 6.07 Å². The van der Waals surface area contributed by atoms with Crippen LogP contribution in [0.3, 0.4) is 0 Å². The Morgan fingerprint density at radius 3 is 3.12 bits per heavy atom. The SMILES string of the molecule is N#Cc1cc(C2=CC3CNCC23)cnc1Cl. The lowest BCUT2D eigenvalue weighted by atomic mass is 9.74. The number of nitrogens with zero attached hydrogens (tertiary/aromatic N) is 2. The Morgan fingerprint density at radius 2 is 2.38 bits per heavy atom. The van der Waals surface area contributed by atoms with E-state index in [1.54, 1.807) is 6.20 Å². The highest BCUT2D eigenvalue weighted by atomic mass is 35.5. The number of nitrogens with one attached hydrogen (secondary N) is 1. The van der Waals surface area contributed by atoms with E-state index in [-0.39, 0.29) is 5.15 Å². The van der Waals surface area contributed by atoms with Gasteiger partial charge in [0, 0.05) is 25.2 Å². The molecule has 1 fully saturated rings. The summed E-state index contributed by atoms with van der Waals surface area (Å²) in [6, 6.07) is 3.89. The minimum Gasteiger partial charge on any atom is -0.315 e. The van der Waals surface area contributed by atoms with Crippen LogP contribution in [-0.4, -0.2) is 18.1 Å². The van der Waals surface area contributed by atoms with Gasteiger partial charge in [-0.1, -0.05) is 17.7 Å². The first-order valence-electron chi connectivity index (χ1n) is 5.28. The molecule has 1 saturated heterocycles. The molecule has 3 nitrogen and oxygen atoms in total. The molecule has 0 spiro atoms. The summed E-state index contributed by atoms with van der Waals surface area (Å²) in [5.74, 6) is 1.26. The Bertz CT molecular complexity index is 515. The fourth-order valence-corrected chi connectivity index (χ4v) is 2.59. The summed E-state index contributed by atoms with van der Waals surface area (Å²) in [5, 5.41) is 12.5. The number of halogens is 1. The second-order valence-corrected chi connectivity index (χ2v) is 4.58. The summed E-state index contributed by atoms with van der Waals surface area (Å²) >= 11 is 5.81. The lowest BCUT2D eigenvalue weighted by Gasteiger charge is -2.29. The van der Waals surface area contributed by atoms with E-state index in [0.29, 0.717) is 17.4 Å². The van der Waals surface area contributed by atoms with Gasteiger partial charge < -0.3 is 5.32 Å². The molecule has 3 rings (SSSR count). The van der Waals surface area contributed by atoms with Crippen LogP contribution in [0.25, 0.3) is 5.57 Å². The maximum absolute atomic E-state index is 8.90. The van der Waals surface area contributed by atoms with E-state index in [2.05, 4.69) is 22.4 Å². The van der Waals surface area contributed by atoms with Crippen molar-refractivity contribution in [2.75, 3.05) is 13.1 Å². The predicted molar refractivity (Wildman–Crippen MR) is 61.8 cm³/mol. The normalized spacial score (nSPS) is 26.6. The van der Waals surface area contributed by atoms with Crippen molar-refractivity contribution < 1.29 is 0 Å². The number of pyridine rings is 1. The molecule has 0 radical (unpaired) electrons. The zero-order valence-corrected chi connectivity index (χ0v) is 9.33. The van der Waals surface area contributed by atoms with Crippen molar-refractivity contribution in [3.63, 3.8) is 0 Å². The van der Waals surface area contributed by atoms with E-state index >= 15 is 0 Å². The average Bonchev–Trinajstić information content (AvgIpc) is 2.63. The van der Waals surface area contributed by atoms with Gasteiger partial charge in [-0.2, -0.15) is 5.26 Å². The molecule has 80 valence electrons. The molecule has 4 heteroatoms. The number of hydrogen-bond donors (Lipinski definition) is 1. The maximum atomic E-state index is 8.90. The van der Waals surface area contributed by atoms with Gasteiger partial charge >= 0.3 is 0 Å². The van der Waals surface area contributed by atoms with E-state index < -0.39 is 0 Å². The summed E-state index contributed by atoms with van der Waals surface area (Å²) < 4.78 is 0. The average molecular weight is 232 g/mol. The first-order chi connectivity index (χ1) is 7.79. The van der Waals surface area contributed by atoms with Gasteiger partial charge in [0.1, 0.15) is 11.2 Å². The summed E-state index contributed by atoms with van der Waals surface area (Å²) in [4.78, 5) is 4.05. The summed E-state index contributed by atoms with van der Waals surface area (Å²) in [6.45, 7) is 2.10. The third-order valence-corrected chi connectivity index (χ3v) is 3.65. The van der Waals surface area contributed by atoms with Crippen LogP contribution >= 0.6 is 11.6 Å². The summed E-state index contributed by atoms with van der Waals surface area (Å²) in [6.07, 6.45) is 4.01. The number of rotatable bonds is 1. The molecule has 1 N–H and O–H groups in total. The van der Waals surface area contributed by atoms with Gasteiger partial charge in [0.05, 0.1) is 5.56 Å². The molecule has 2 aliphatic rings. The Balaban J connectivity index is 1.97. The fraction of sp³-hybridized carbons (Fsp3) is 0.333. The standard InChI is InChI=1S/C12H10ClN3/c13-12-7(3-14)1-8(5-16-12)10-2-9-4-15-6-11(9)10/h1-2,5,9,11,15H,4,6H2. The van der Waals surface area contributed by atoms with E-state index in [9.17, 15) is 0 Å². The van der Waals surface area contributed by atoms with Crippen LogP contribution in [0.5, 0.6) is 0 Å². The maximum Gasteiger partial charge on any atom is 0.146 e. The molecular weight excluding hydrogens is 222 g/mol. The van der Waals surface area contributed by atoms with Crippen LogP contribution in [-0.2, 0) is 0 Å².